The number of aromatic nitrogens is 1. The van der Waals surface area contributed by atoms with E-state index in [0.29, 0.717) is 23.5 Å². The number of hydrogen-bond donors (Lipinski definition) is 1. The molecule has 0 saturated carbocycles. The first-order valence-corrected chi connectivity index (χ1v) is 10.8. The van der Waals surface area contributed by atoms with Crippen LogP contribution in [0.5, 0.6) is 5.75 Å². The fraction of sp³-hybridized carbons (Fsp3) is 0.231. The van der Waals surface area contributed by atoms with Crippen molar-refractivity contribution in [1.82, 2.24) is 9.88 Å². The Balaban J connectivity index is 1.79. The molecule has 174 valence electrons. The van der Waals surface area contributed by atoms with Gasteiger partial charge in [0.15, 0.2) is 0 Å². The third kappa shape index (κ3) is 5.51. The molecule has 0 fully saturated rings. The molecule has 0 aliphatic carbocycles. The van der Waals surface area contributed by atoms with Crippen LogP contribution in [0.15, 0.2) is 60.2 Å². The summed E-state index contributed by atoms with van der Waals surface area (Å²) in [5.41, 5.74) is 4.07. The summed E-state index contributed by atoms with van der Waals surface area (Å²) in [6.07, 6.45) is 3.16. The zero-order valence-electron chi connectivity index (χ0n) is 19.4. The predicted octanol–water partition coefficient (Wildman–Crippen LogP) is 4.67. The van der Waals surface area contributed by atoms with Crippen LogP contribution in [-0.4, -0.2) is 29.1 Å². The molecule has 1 heterocycles. The van der Waals surface area contributed by atoms with E-state index in [-0.39, 0.29) is 11.3 Å². The highest BCUT2D eigenvalue weighted by Crippen LogP contribution is 2.32. The quantitative estimate of drug-likeness (QED) is 0.165. The van der Waals surface area contributed by atoms with Crippen LogP contribution in [0, 0.1) is 35.3 Å². The van der Waals surface area contributed by atoms with Gasteiger partial charge in [0, 0.05) is 24.0 Å². The minimum absolute atomic E-state index is 0.00984. The van der Waals surface area contributed by atoms with Crippen molar-refractivity contribution in [3.63, 3.8) is 0 Å². The number of nitro groups is 1. The van der Waals surface area contributed by atoms with Crippen LogP contribution >= 0.6 is 0 Å². The van der Waals surface area contributed by atoms with Gasteiger partial charge < -0.3 is 14.6 Å². The topological polar surface area (TPSA) is 110 Å². The van der Waals surface area contributed by atoms with Gasteiger partial charge in [-0.3, -0.25) is 14.9 Å². The fourth-order valence-corrected chi connectivity index (χ4v) is 3.81. The molecule has 0 radical (unpaired) electrons. The molecule has 3 rings (SSSR count). The van der Waals surface area contributed by atoms with Gasteiger partial charge in [0.25, 0.3) is 11.6 Å². The van der Waals surface area contributed by atoms with Crippen LogP contribution in [0.4, 0.5) is 5.69 Å². The lowest BCUT2D eigenvalue weighted by Gasteiger charge is -2.13. The van der Waals surface area contributed by atoms with Gasteiger partial charge in [0.05, 0.1) is 23.8 Å². The third-order valence-corrected chi connectivity index (χ3v) is 5.52. The highest BCUT2D eigenvalue weighted by molar-refractivity contribution is 6.01. The van der Waals surface area contributed by atoms with Gasteiger partial charge >= 0.3 is 0 Å². The van der Waals surface area contributed by atoms with Crippen LogP contribution in [0.1, 0.15) is 28.9 Å². The van der Waals surface area contributed by atoms with E-state index in [1.807, 2.05) is 60.9 Å². The number of nitro benzene ring substituents is 1. The van der Waals surface area contributed by atoms with Crippen molar-refractivity contribution in [2.75, 3.05) is 13.7 Å². The van der Waals surface area contributed by atoms with Crippen LogP contribution in [0.25, 0.3) is 11.8 Å². The number of nitrogens with zero attached hydrogens (tertiary/aromatic N) is 3. The highest BCUT2D eigenvalue weighted by atomic mass is 16.6. The van der Waals surface area contributed by atoms with Gasteiger partial charge in [-0.25, -0.2) is 0 Å². The molecule has 0 spiro atoms. The number of nitrogens with one attached hydrogen (secondary N) is 1. The van der Waals surface area contributed by atoms with Crippen molar-refractivity contribution in [2.24, 2.45) is 0 Å². The smallest absolute Gasteiger partial charge is 0.273 e. The Morgan fingerprint density at radius 1 is 1.21 bits per heavy atom. The molecule has 0 unspecified atom stereocenters. The fourth-order valence-electron chi connectivity index (χ4n) is 3.81. The van der Waals surface area contributed by atoms with Crippen molar-refractivity contribution < 1.29 is 14.5 Å². The van der Waals surface area contributed by atoms with Gasteiger partial charge in [-0.2, -0.15) is 5.26 Å². The van der Waals surface area contributed by atoms with Crippen molar-refractivity contribution in [2.45, 2.75) is 26.7 Å². The number of ether oxygens (including phenoxy) is 1. The first kappa shape index (κ1) is 24.3. The van der Waals surface area contributed by atoms with Gasteiger partial charge in [-0.1, -0.05) is 30.3 Å². The Labute approximate surface area is 198 Å². The number of nitriles is 1. The molecule has 1 amide bonds. The zero-order valence-corrected chi connectivity index (χ0v) is 19.4. The maximum Gasteiger partial charge on any atom is 0.273 e. The average Bonchev–Trinajstić information content (AvgIpc) is 3.12. The first-order valence-electron chi connectivity index (χ1n) is 10.8. The minimum Gasteiger partial charge on any atom is -0.494 e. The Hall–Kier alpha value is -4.38. The first-order chi connectivity index (χ1) is 16.3. The molecule has 8 nitrogen and oxygen atoms in total. The summed E-state index contributed by atoms with van der Waals surface area (Å²) >= 11 is 0. The summed E-state index contributed by atoms with van der Waals surface area (Å²) < 4.78 is 7.26. The second-order valence-corrected chi connectivity index (χ2v) is 7.79. The van der Waals surface area contributed by atoms with Crippen LogP contribution in [0.2, 0.25) is 0 Å². The van der Waals surface area contributed by atoms with E-state index in [1.165, 1.54) is 24.8 Å². The van der Waals surface area contributed by atoms with Gasteiger partial charge in [-0.15, -0.1) is 0 Å². The second kappa shape index (κ2) is 11.0. The predicted molar refractivity (Wildman–Crippen MR) is 130 cm³/mol. The molecule has 0 aliphatic rings. The SMILES string of the molecule is COc1cc([N+](=O)[O-])ccc1-n1c(C)cc(/C=C(/C#N)C(=O)NCCCc2ccccc2)c1C. The molecule has 0 bridgehead atoms. The molecule has 34 heavy (non-hydrogen) atoms. The Kier molecular flexibility index (Phi) is 7.83. The number of amides is 1. The Morgan fingerprint density at radius 2 is 1.94 bits per heavy atom. The average molecular weight is 459 g/mol. The van der Waals surface area contributed by atoms with Crippen LogP contribution in [-0.2, 0) is 11.2 Å². The van der Waals surface area contributed by atoms with E-state index in [4.69, 9.17) is 4.74 Å². The Bertz CT molecular complexity index is 1270. The summed E-state index contributed by atoms with van der Waals surface area (Å²) in [4.78, 5) is 23.2. The molecular formula is C26H26N4O4. The molecule has 2 aromatic carbocycles. The molecule has 1 N–H and O–H groups in total. The standard InChI is InChI=1S/C26H26N4O4/c1-18-14-21(19(2)29(18)24-12-11-23(30(32)33)16-25(24)34-3)15-22(17-27)26(31)28-13-7-10-20-8-5-4-6-9-20/h4-6,8-9,11-12,14-16H,7,10,13H2,1-3H3,(H,28,31)/b22-15-. The van der Waals surface area contributed by atoms with E-state index >= 15 is 0 Å². The molecule has 0 saturated heterocycles. The van der Waals surface area contributed by atoms with Gasteiger partial charge in [0.1, 0.15) is 17.4 Å². The molecular weight excluding hydrogens is 432 g/mol. The number of methoxy groups -OCH3 is 1. The summed E-state index contributed by atoms with van der Waals surface area (Å²) in [7, 11) is 1.45. The van der Waals surface area contributed by atoms with E-state index in [9.17, 15) is 20.2 Å². The number of non-ortho nitro benzene ring substituents is 1. The van der Waals surface area contributed by atoms with Crippen molar-refractivity contribution in [1.29, 1.82) is 5.26 Å². The zero-order chi connectivity index (χ0) is 24.7. The number of aryl methyl sites for hydroxylation is 2. The number of rotatable bonds is 9. The Morgan fingerprint density at radius 3 is 2.59 bits per heavy atom. The summed E-state index contributed by atoms with van der Waals surface area (Å²) in [5.74, 6) is -0.0727. The molecule has 1 aromatic heterocycles. The number of carbonyl (C=O) groups is 1. The summed E-state index contributed by atoms with van der Waals surface area (Å²) in [5, 5.41) is 23.5. The number of hydrogen-bond acceptors (Lipinski definition) is 5. The van der Waals surface area contributed by atoms with Crippen molar-refractivity contribution >= 4 is 17.7 Å². The lowest BCUT2D eigenvalue weighted by Crippen LogP contribution is -2.25. The molecule has 3 aromatic rings. The van der Waals surface area contributed by atoms with E-state index in [1.54, 1.807) is 12.1 Å². The third-order valence-electron chi connectivity index (χ3n) is 5.52. The molecule has 0 aliphatic heterocycles. The monoisotopic (exact) mass is 458 g/mol. The second-order valence-electron chi connectivity index (χ2n) is 7.79. The summed E-state index contributed by atoms with van der Waals surface area (Å²) in [6, 6.07) is 18.2. The van der Waals surface area contributed by atoms with Gasteiger partial charge in [-0.05, 0) is 56.0 Å². The van der Waals surface area contributed by atoms with Crippen LogP contribution < -0.4 is 10.1 Å². The largest absolute Gasteiger partial charge is 0.494 e. The van der Waals surface area contributed by atoms with E-state index in [0.717, 1.165) is 24.2 Å². The number of benzene rings is 2. The minimum atomic E-state index is -0.479. The lowest BCUT2D eigenvalue weighted by molar-refractivity contribution is -0.384. The summed E-state index contributed by atoms with van der Waals surface area (Å²) in [6.45, 7) is 4.19. The molecule has 8 heteroatoms. The maximum atomic E-state index is 12.6. The number of carbonyl (C=O) groups excluding carboxylic acids is 1. The highest BCUT2D eigenvalue weighted by Gasteiger charge is 2.18. The maximum absolute atomic E-state index is 12.6. The van der Waals surface area contributed by atoms with Crippen molar-refractivity contribution in [3.05, 3.63) is 92.8 Å². The molecule has 0 atom stereocenters. The van der Waals surface area contributed by atoms with Crippen molar-refractivity contribution in [3.8, 4) is 17.5 Å². The lowest BCUT2D eigenvalue weighted by atomic mass is 10.1. The van der Waals surface area contributed by atoms with E-state index < -0.39 is 10.8 Å². The van der Waals surface area contributed by atoms with Crippen LogP contribution in [0.3, 0.4) is 0 Å². The normalized spacial score (nSPS) is 11.1. The van der Waals surface area contributed by atoms with E-state index in [2.05, 4.69) is 5.32 Å². The van der Waals surface area contributed by atoms with Gasteiger partial charge in [0.2, 0.25) is 0 Å².